The van der Waals surface area contributed by atoms with Gasteiger partial charge in [0, 0.05) is 19.2 Å². The molecule has 2 aromatic carbocycles. The van der Waals surface area contributed by atoms with E-state index in [0.29, 0.717) is 16.9 Å². The topological polar surface area (TPSA) is 78.8 Å². The van der Waals surface area contributed by atoms with Crippen LogP contribution < -0.4 is 5.43 Å². The standard InChI is InChI=1S/C26H31N3O3S/c1-18-5-13-23(14-6-18)33(31,32)29(4)17-19-7-9-20(10-8-19)25(30)28-27-16-21-11-12-22-15-24(21)26(22,2)3/h5-11,13-14,16,22,24H,12,15,17H2,1-4H3,(H,28,30)/b27-16-/t22-,24+/m1/s1. The van der Waals surface area contributed by atoms with Gasteiger partial charge in [0.05, 0.1) is 11.1 Å². The Labute approximate surface area is 196 Å². The van der Waals surface area contributed by atoms with Crippen molar-refractivity contribution in [2.75, 3.05) is 7.05 Å². The molecule has 33 heavy (non-hydrogen) atoms. The Balaban J connectivity index is 1.34. The highest BCUT2D eigenvalue weighted by Crippen LogP contribution is 2.58. The van der Waals surface area contributed by atoms with Gasteiger partial charge >= 0.3 is 0 Å². The first kappa shape index (κ1) is 23.4. The average molecular weight is 466 g/mol. The average Bonchev–Trinajstić information content (AvgIpc) is 2.79. The maximum absolute atomic E-state index is 12.8. The Bertz CT molecular complexity index is 1200. The number of hydrogen-bond acceptors (Lipinski definition) is 4. The predicted octanol–water partition coefficient (Wildman–Crippen LogP) is 4.52. The van der Waals surface area contributed by atoms with Crippen molar-refractivity contribution < 1.29 is 13.2 Å². The van der Waals surface area contributed by atoms with Gasteiger partial charge in [0.1, 0.15) is 0 Å². The van der Waals surface area contributed by atoms with Gasteiger partial charge in [-0.2, -0.15) is 9.41 Å². The molecule has 5 rings (SSSR count). The van der Waals surface area contributed by atoms with Gasteiger partial charge in [-0.3, -0.25) is 4.79 Å². The van der Waals surface area contributed by atoms with Crippen LogP contribution in [0.1, 0.15) is 48.2 Å². The maximum Gasteiger partial charge on any atom is 0.271 e. The maximum atomic E-state index is 12.8. The summed E-state index contributed by atoms with van der Waals surface area (Å²) in [7, 11) is -2.03. The van der Waals surface area contributed by atoms with Crippen LogP contribution in [0.4, 0.5) is 0 Å². The number of benzene rings is 2. The Morgan fingerprint density at radius 1 is 1.15 bits per heavy atom. The van der Waals surface area contributed by atoms with Crippen LogP contribution in [0, 0.1) is 24.2 Å². The third-order valence-corrected chi connectivity index (χ3v) is 9.06. The first-order chi connectivity index (χ1) is 15.6. The molecule has 1 amide bonds. The molecule has 0 heterocycles. The zero-order chi connectivity index (χ0) is 23.8. The minimum atomic E-state index is -3.58. The van der Waals surface area contributed by atoms with E-state index in [2.05, 4.69) is 30.5 Å². The van der Waals surface area contributed by atoms with E-state index < -0.39 is 10.0 Å². The molecule has 0 aromatic heterocycles. The number of hydrogen-bond donors (Lipinski definition) is 1. The third kappa shape index (κ3) is 4.66. The highest BCUT2D eigenvalue weighted by Gasteiger charge is 2.50. The molecule has 1 N–H and O–H groups in total. The lowest BCUT2D eigenvalue weighted by atomic mass is 9.49. The largest absolute Gasteiger partial charge is 0.271 e. The summed E-state index contributed by atoms with van der Waals surface area (Å²) in [5, 5.41) is 4.17. The van der Waals surface area contributed by atoms with Gasteiger partial charge in [0.15, 0.2) is 0 Å². The van der Waals surface area contributed by atoms with E-state index in [9.17, 15) is 13.2 Å². The number of hydrazone groups is 1. The minimum absolute atomic E-state index is 0.211. The number of rotatable bonds is 7. The molecule has 2 atom stereocenters. The monoisotopic (exact) mass is 465 g/mol. The number of amides is 1. The van der Waals surface area contributed by atoms with Gasteiger partial charge in [0.2, 0.25) is 10.0 Å². The summed E-state index contributed by atoms with van der Waals surface area (Å²) < 4.78 is 26.9. The summed E-state index contributed by atoms with van der Waals surface area (Å²) in [4.78, 5) is 12.7. The number of sulfonamides is 1. The predicted molar refractivity (Wildman–Crippen MR) is 130 cm³/mol. The van der Waals surface area contributed by atoms with Crippen molar-refractivity contribution in [3.63, 3.8) is 0 Å². The molecule has 1 saturated carbocycles. The first-order valence-corrected chi connectivity index (χ1v) is 12.7. The molecule has 3 aliphatic carbocycles. The van der Waals surface area contributed by atoms with Crippen LogP contribution >= 0.6 is 0 Å². The van der Waals surface area contributed by atoms with Crippen LogP contribution in [-0.2, 0) is 16.6 Å². The molecule has 0 radical (unpaired) electrons. The van der Waals surface area contributed by atoms with Crippen LogP contribution in [0.15, 0.2) is 70.2 Å². The van der Waals surface area contributed by atoms with Crippen molar-refractivity contribution in [2.24, 2.45) is 22.4 Å². The number of carbonyl (C=O) groups excluding carboxylic acids is 1. The van der Waals surface area contributed by atoms with Crippen LogP contribution in [0.25, 0.3) is 0 Å². The second-order valence-electron chi connectivity index (χ2n) is 9.72. The molecular formula is C26H31N3O3S. The fourth-order valence-corrected chi connectivity index (χ4v) is 5.93. The quantitative estimate of drug-likeness (QED) is 0.482. The molecule has 0 unspecified atom stereocenters. The molecule has 0 aliphatic heterocycles. The lowest BCUT2D eigenvalue weighted by Gasteiger charge is -2.55. The lowest BCUT2D eigenvalue weighted by molar-refractivity contribution is -0.00126. The van der Waals surface area contributed by atoms with Crippen LogP contribution in [-0.4, -0.2) is 31.9 Å². The minimum Gasteiger partial charge on any atom is -0.267 e. The van der Waals surface area contributed by atoms with E-state index in [4.69, 9.17) is 0 Å². The van der Waals surface area contributed by atoms with Gasteiger partial charge in [0.25, 0.3) is 5.91 Å². The molecule has 0 spiro atoms. The van der Waals surface area contributed by atoms with Gasteiger partial charge in [-0.05, 0) is 72.4 Å². The number of carbonyl (C=O) groups is 1. The lowest BCUT2D eigenvalue weighted by Crippen LogP contribution is -2.48. The molecule has 7 heteroatoms. The van der Waals surface area contributed by atoms with Crippen LogP contribution in [0.2, 0.25) is 0 Å². The summed E-state index contributed by atoms with van der Waals surface area (Å²) in [6.45, 7) is 6.73. The van der Waals surface area contributed by atoms with Crippen LogP contribution in [0.5, 0.6) is 0 Å². The molecule has 6 nitrogen and oxygen atoms in total. The number of nitrogens with one attached hydrogen (secondary N) is 1. The smallest absolute Gasteiger partial charge is 0.267 e. The summed E-state index contributed by atoms with van der Waals surface area (Å²) >= 11 is 0. The van der Waals surface area contributed by atoms with Crippen LogP contribution in [0.3, 0.4) is 0 Å². The number of allylic oxidation sites excluding steroid dienone is 2. The second-order valence-corrected chi connectivity index (χ2v) is 11.8. The molecule has 2 bridgehead atoms. The van der Waals surface area contributed by atoms with E-state index in [1.54, 1.807) is 61.8 Å². The van der Waals surface area contributed by atoms with Crippen molar-refractivity contribution in [2.45, 2.75) is 45.1 Å². The Morgan fingerprint density at radius 2 is 1.82 bits per heavy atom. The zero-order valence-electron chi connectivity index (χ0n) is 19.6. The van der Waals surface area contributed by atoms with E-state index in [1.165, 1.54) is 16.3 Å². The fourth-order valence-electron chi connectivity index (χ4n) is 4.77. The SMILES string of the molecule is Cc1ccc(S(=O)(=O)N(C)Cc2ccc(C(=O)N/N=C\C3=CC[C@@H]4C[C@@H]3C4(C)C)cc2)cc1. The van der Waals surface area contributed by atoms with E-state index >= 15 is 0 Å². The molecule has 174 valence electrons. The normalized spacial score (nSPS) is 21.5. The van der Waals surface area contributed by atoms with Crippen molar-refractivity contribution in [1.29, 1.82) is 0 Å². The number of fused-ring (bicyclic) bond motifs is 1. The number of nitrogens with zero attached hydrogens (tertiary/aromatic N) is 2. The summed E-state index contributed by atoms with van der Waals surface area (Å²) in [5.74, 6) is 0.989. The summed E-state index contributed by atoms with van der Waals surface area (Å²) in [6.07, 6.45) is 6.29. The fraction of sp³-hybridized carbons (Fsp3) is 0.385. The van der Waals surface area contributed by atoms with E-state index in [0.717, 1.165) is 23.5 Å². The third-order valence-electron chi connectivity index (χ3n) is 7.24. The van der Waals surface area contributed by atoms with Crippen molar-refractivity contribution in [1.82, 2.24) is 9.73 Å². The van der Waals surface area contributed by atoms with E-state index in [-0.39, 0.29) is 17.3 Å². The van der Waals surface area contributed by atoms with Gasteiger partial charge in [-0.15, -0.1) is 0 Å². The van der Waals surface area contributed by atoms with Crippen molar-refractivity contribution in [3.8, 4) is 0 Å². The van der Waals surface area contributed by atoms with E-state index in [1.807, 2.05) is 6.92 Å². The molecular weight excluding hydrogens is 434 g/mol. The Morgan fingerprint density at radius 3 is 2.42 bits per heavy atom. The second kappa shape index (κ2) is 8.88. The van der Waals surface area contributed by atoms with Gasteiger partial charge in [-0.1, -0.05) is 49.8 Å². The zero-order valence-corrected chi connectivity index (χ0v) is 20.4. The Hall–Kier alpha value is -2.77. The van der Waals surface area contributed by atoms with Gasteiger partial charge < -0.3 is 0 Å². The highest BCUT2D eigenvalue weighted by molar-refractivity contribution is 7.89. The summed E-state index contributed by atoms with van der Waals surface area (Å²) in [5.41, 5.74) is 6.40. The van der Waals surface area contributed by atoms with Crippen molar-refractivity contribution >= 4 is 22.1 Å². The first-order valence-electron chi connectivity index (χ1n) is 11.2. The number of aryl methyl sites for hydroxylation is 1. The van der Waals surface area contributed by atoms with Crippen molar-refractivity contribution in [3.05, 3.63) is 76.9 Å². The molecule has 0 saturated heterocycles. The highest BCUT2D eigenvalue weighted by atomic mass is 32.2. The Kier molecular flexibility index (Phi) is 6.29. The van der Waals surface area contributed by atoms with Gasteiger partial charge in [-0.25, -0.2) is 13.8 Å². The molecule has 2 aromatic rings. The molecule has 1 fully saturated rings. The summed E-state index contributed by atoms with van der Waals surface area (Å²) in [6, 6.07) is 13.7. The molecule has 3 aliphatic rings.